The highest BCUT2D eigenvalue weighted by atomic mass is 79.9. The van der Waals surface area contributed by atoms with Gasteiger partial charge in [0.2, 0.25) is 0 Å². The van der Waals surface area contributed by atoms with Gasteiger partial charge in [0.15, 0.2) is 11.5 Å². The van der Waals surface area contributed by atoms with Gasteiger partial charge in [0, 0.05) is 22.2 Å². The molecule has 0 aliphatic heterocycles. The van der Waals surface area contributed by atoms with Gasteiger partial charge in [-0.05, 0) is 91.2 Å². The van der Waals surface area contributed by atoms with Crippen LogP contribution in [0.5, 0.6) is 11.5 Å². The molecule has 7 heteroatoms. The number of benzene rings is 2. The van der Waals surface area contributed by atoms with Gasteiger partial charge < -0.3 is 19.7 Å². The monoisotopic (exact) mass is 558 g/mol. The summed E-state index contributed by atoms with van der Waals surface area (Å²) in [7, 11) is 1.65. The van der Waals surface area contributed by atoms with E-state index < -0.39 is 0 Å². The third kappa shape index (κ3) is 9.65. The highest BCUT2D eigenvalue weighted by Crippen LogP contribution is 2.38. The standard InChI is InChI=1S/C26H37BrCl2N2O2/c1-4-6-13-31(14-7-5-2)15-9-12-30-18-20-16-22(27)26(25(17-20)32-3)33-19-21-23(28)10-8-11-24(21)29/h8,10-11,16-17,30H,4-7,9,12-15,18-19H2,1-3H3. The molecule has 0 unspecified atom stereocenters. The average molecular weight is 560 g/mol. The van der Waals surface area contributed by atoms with Crippen molar-refractivity contribution in [2.24, 2.45) is 0 Å². The van der Waals surface area contributed by atoms with Crippen LogP contribution in [0.4, 0.5) is 0 Å². The van der Waals surface area contributed by atoms with Gasteiger partial charge in [-0.2, -0.15) is 0 Å². The molecule has 2 rings (SSSR count). The number of nitrogens with one attached hydrogen (secondary N) is 1. The zero-order valence-electron chi connectivity index (χ0n) is 20.1. The van der Waals surface area contributed by atoms with E-state index in [0.29, 0.717) is 21.5 Å². The maximum absolute atomic E-state index is 6.27. The average Bonchev–Trinajstić information content (AvgIpc) is 2.80. The van der Waals surface area contributed by atoms with E-state index in [2.05, 4.69) is 46.1 Å². The normalized spacial score (nSPS) is 11.2. The van der Waals surface area contributed by atoms with E-state index in [-0.39, 0.29) is 6.61 Å². The largest absolute Gasteiger partial charge is 0.493 e. The summed E-state index contributed by atoms with van der Waals surface area (Å²) in [6.45, 7) is 10.1. The maximum atomic E-state index is 6.27. The van der Waals surface area contributed by atoms with E-state index in [9.17, 15) is 0 Å². The van der Waals surface area contributed by atoms with Crippen LogP contribution in [-0.2, 0) is 13.2 Å². The van der Waals surface area contributed by atoms with Gasteiger partial charge in [-0.1, -0.05) is 56.0 Å². The molecular weight excluding hydrogens is 523 g/mol. The minimum atomic E-state index is 0.262. The molecule has 0 aromatic heterocycles. The lowest BCUT2D eigenvalue weighted by molar-refractivity contribution is 0.261. The molecule has 0 bridgehead atoms. The Labute approximate surface area is 218 Å². The van der Waals surface area contributed by atoms with Crippen LogP contribution in [-0.4, -0.2) is 38.2 Å². The number of halogens is 3. The first-order valence-electron chi connectivity index (χ1n) is 11.8. The second-order valence-corrected chi connectivity index (χ2v) is 9.85. The molecule has 33 heavy (non-hydrogen) atoms. The number of hydrogen-bond acceptors (Lipinski definition) is 4. The third-order valence-electron chi connectivity index (χ3n) is 5.52. The Bertz CT molecular complexity index is 823. The molecule has 0 amide bonds. The number of unbranched alkanes of at least 4 members (excludes halogenated alkanes) is 2. The van der Waals surface area contributed by atoms with Gasteiger partial charge in [-0.25, -0.2) is 0 Å². The molecule has 2 aromatic carbocycles. The summed E-state index contributed by atoms with van der Waals surface area (Å²) in [5.74, 6) is 1.31. The van der Waals surface area contributed by atoms with Crippen LogP contribution in [0.15, 0.2) is 34.8 Å². The van der Waals surface area contributed by atoms with Crippen LogP contribution in [0.2, 0.25) is 10.0 Å². The van der Waals surface area contributed by atoms with Crippen molar-refractivity contribution in [3.8, 4) is 11.5 Å². The topological polar surface area (TPSA) is 33.7 Å². The fraction of sp³-hybridized carbons (Fsp3) is 0.538. The molecular formula is C26H37BrCl2N2O2. The number of rotatable bonds is 16. The van der Waals surface area contributed by atoms with E-state index >= 15 is 0 Å². The van der Waals surface area contributed by atoms with Crippen LogP contribution < -0.4 is 14.8 Å². The molecule has 0 aliphatic rings. The lowest BCUT2D eigenvalue weighted by Crippen LogP contribution is -2.29. The minimum Gasteiger partial charge on any atom is -0.493 e. The first-order valence-corrected chi connectivity index (χ1v) is 13.4. The van der Waals surface area contributed by atoms with E-state index in [1.165, 1.54) is 38.8 Å². The fourth-order valence-corrected chi connectivity index (χ4v) is 4.70. The van der Waals surface area contributed by atoms with Gasteiger partial charge in [0.1, 0.15) is 6.61 Å². The lowest BCUT2D eigenvalue weighted by atomic mass is 10.2. The summed E-state index contributed by atoms with van der Waals surface area (Å²) in [5, 5.41) is 4.73. The van der Waals surface area contributed by atoms with Crippen molar-refractivity contribution in [2.45, 2.75) is 59.1 Å². The SMILES string of the molecule is CCCCN(CCCC)CCCNCc1cc(Br)c(OCc2c(Cl)cccc2Cl)c(OC)c1. The second kappa shape index (κ2) is 15.8. The summed E-state index contributed by atoms with van der Waals surface area (Å²) >= 11 is 16.2. The number of nitrogens with zero attached hydrogens (tertiary/aromatic N) is 1. The maximum Gasteiger partial charge on any atom is 0.175 e. The van der Waals surface area contributed by atoms with Crippen LogP contribution in [0.25, 0.3) is 0 Å². The molecule has 0 heterocycles. The first kappa shape index (κ1) is 28.3. The Morgan fingerprint density at radius 3 is 2.21 bits per heavy atom. The molecule has 0 spiro atoms. The molecule has 0 fully saturated rings. The minimum absolute atomic E-state index is 0.262. The van der Waals surface area contributed by atoms with Crippen molar-refractivity contribution < 1.29 is 9.47 Å². The van der Waals surface area contributed by atoms with Crippen molar-refractivity contribution in [3.63, 3.8) is 0 Å². The first-order chi connectivity index (χ1) is 16.0. The van der Waals surface area contributed by atoms with Gasteiger partial charge >= 0.3 is 0 Å². The van der Waals surface area contributed by atoms with Crippen LogP contribution >= 0.6 is 39.1 Å². The molecule has 0 radical (unpaired) electrons. The molecule has 2 aromatic rings. The smallest absolute Gasteiger partial charge is 0.175 e. The molecule has 4 nitrogen and oxygen atoms in total. The number of methoxy groups -OCH3 is 1. The quantitative estimate of drug-likeness (QED) is 0.213. The van der Waals surface area contributed by atoms with Crippen molar-refractivity contribution in [2.75, 3.05) is 33.3 Å². The van der Waals surface area contributed by atoms with Crippen molar-refractivity contribution in [3.05, 3.63) is 56.0 Å². The van der Waals surface area contributed by atoms with Gasteiger partial charge in [-0.3, -0.25) is 0 Å². The summed E-state index contributed by atoms with van der Waals surface area (Å²) < 4.78 is 12.5. The zero-order chi connectivity index (χ0) is 24.1. The molecule has 1 N–H and O–H groups in total. The van der Waals surface area contributed by atoms with Crippen LogP contribution in [0.1, 0.15) is 57.1 Å². The molecule has 184 valence electrons. The lowest BCUT2D eigenvalue weighted by Gasteiger charge is -2.22. The van der Waals surface area contributed by atoms with E-state index in [0.717, 1.165) is 41.7 Å². The Kier molecular flexibility index (Phi) is 13.6. The van der Waals surface area contributed by atoms with E-state index in [1.54, 1.807) is 19.2 Å². The van der Waals surface area contributed by atoms with Crippen LogP contribution in [0, 0.1) is 0 Å². The predicted molar refractivity (Wildman–Crippen MR) is 144 cm³/mol. The molecule has 0 aliphatic carbocycles. The molecule has 0 atom stereocenters. The number of hydrogen-bond donors (Lipinski definition) is 1. The predicted octanol–water partition coefficient (Wildman–Crippen LogP) is 7.73. The fourth-order valence-electron chi connectivity index (χ4n) is 3.59. The van der Waals surface area contributed by atoms with Crippen LogP contribution in [0.3, 0.4) is 0 Å². The Hall–Kier alpha value is -0.980. The molecule has 0 saturated carbocycles. The highest BCUT2D eigenvalue weighted by molar-refractivity contribution is 9.10. The van der Waals surface area contributed by atoms with E-state index in [4.69, 9.17) is 32.7 Å². The van der Waals surface area contributed by atoms with Crippen molar-refractivity contribution in [1.29, 1.82) is 0 Å². The van der Waals surface area contributed by atoms with E-state index in [1.807, 2.05) is 12.1 Å². The summed E-state index contributed by atoms with van der Waals surface area (Å²) in [6, 6.07) is 9.50. The van der Waals surface area contributed by atoms with Crippen molar-refractivity contribution >= 4 is 39.1 Å². The van der Waals surface area contributed by atoms with Gasteiger partial charge in [-0.15, -0.1) is 0 Å². The Morgan fingerprint density at radius 2 is 1.61 bits per heavy atom. The summed E-state index contributed by atoms with van der Waals surface area (Å²) in [5.41, 5.74) is 1.89. The summed E-state index contributed by atoms with van der Waals surface area (Å²) in [4.78, 5) is 2.60. The second-order valence-electron chi connectivity index (χ2n) is 8.18. The Morgan fingerprint density at radius 1 is 0.970 bits per heavy atom. The molecule has 0 saturated heterocycles. The highest BCUT2D eigenvalue weighted by Gasteiger charge is 2.14. The number of ether oxygens (including phenoxy) is 2. The van der Waals surface area contributed by atoms with Crippen molar-refractivity contribution in [1.82, 2.24) is 10.2 Å². The third-order valence-corrected chi connectivity index (χ3v) is 6.82. The van der Waals surface area contributed by atoms with Gasteiger partial charge in [0.05, 0.1) is 11.6 Å². The Balaban J connectivity index is 1.88. The van der Waals surface area contributed by atoms with Gasteiger partial charge in [0.25, 0.3) is 0 Å². The zero-order valence-corrected chi connectivity index (χ0v) is 23.2. The summed E-state index contributed by atoms with van der Waals surface area (Å²) in [6.07, 6.45) is 6.21.